The predicted octanol–water partition coefficient (Wildman–Crippen LogP) is 4.73. The zero-order valence-corrected chi connectivity index (χ0v) is 16.0. The van der Waals surface area contributed by atoms with E-state index in [0.29, 0.717) is 10.6 Å². The summed E-state index contributed by atoms with van der Waals surface area (Å²) in [6.45, 7) is 2.99. The van der Waals surface area contributed by atoms with Crippen LogP contribution >= 0.6 is 23.5 Å². The maximum absolute atomic E-state index is 12.4. The van der Waals surface area contributed by atoms with Gasteiger partial charge in [0.2, 0.25) is 0 Å². The minimum absolute atomic E-state index is 0.117. The molecule has 0 bridgehead atoms. The number of thioether (sulfide) groups is 2. The van der Waals surface area contributed by atoms with Gasteiger partial charge >= 0.3 is 0 Å². The van der Waals surface area contributed by atoms with Gasteiger partial charge in [0.15, 0.2) is 6.61 Å². The van der Waals surface area contributed by atoms with Crippen molar-refractivity contribution in [3.8, 4) is 5.75 Å². The van der Waals surface area contributed by atoms with E-state index < -0.39 is 0 Å². The predicted molar refractivity (Wildman–Crippen MR) is 104 cm³/mol. The van der Waals surface area contributed by atoms with E-state index >= 15 is 0 Å². The highest BCUT2D eigenvalue weighted by Gasteiger charge is 2.25. The average molecular weight is 366 g/mol. The highest BCUT2D eigenvalue weighted by Crippen LogP contribution is 2.43. The van der Waals surface area contributed by atoms with Crippen LogP contribution in [0.4, 0.5) is 0 Å². The number of hydrogen-bond acceptors (Lipinski definition) is 4. The number of amides is 1. The van der Waals surface area contributed by atoms with Gasteiger partial charge in [-0.25, -0.2) is 0 Å². The lowest BCUT2D eigenvalue weighted by Crippen LogP contribution is -2.41. The average Bonchev–Trinajstić information content (AvgIpc) is 3.16. The van der Waals surface area contributed by atoms with Crippen molar-refractivity contribution in [2.45, 2.75) is 49.7 Å². The molecule has 132 valence electrons. The first-order valence-corrected chi connectivity index (χ1v) is 11.1. The van der Waals surface area contributed by atoms with Crippen LogP contribution in [0.25, 0.3) is 0 Å². The molecule has 24 heavy (non-hydrogen) atoms. The van der Waals surface area contributed by atoms with Crippen LogP contribution in [0.1, 0.15) is 49.2 Å². The van der Waals surface area contributed by atoms with Crippen molar-refractivity contribution in [1.29, 1.82) is 0 Å². The van der Waals surface area contributed by atoms with Gasteiger partial charge in [-0.2, -0.15) is 0 Å². The van der Waals surface area contributed by atoms with E-state index in [9.17, 15) is 4.79 Å². The molecule has 1 saturated heterocycles. The number of ether oxygens (including phenoxy) is 1. The minimum Gasteiger partial charge on any atom is -0.484 e. The molecule has 0 atom stereocenters. The van der Waals surface area contributed by atoms with Crippen molar-refractivity contribution in [2.24, 2.45) is 0 Å². The van der Waals surface area contributed by atoms with E-state index in [2.05, 4.69) is 19.1 Å². The maximum atomic E-state index is 12.4. The zero-order valence-electron chi connectivity index (χ0n) is 14.4. The zero-order chi connectivity index (χ0) is 16.8. The van der Waals surface area contributed by atoms with Crippen LogP contribution in [-0.4, -0.2) is 41.5 Å². The Morgan fingerprint density at radius 2 is 1.79 bits per heavy atom. The molecule has 5 heteroatoms. The number of carbonyl (C=O) groups is 1. The van der Waals surface area contributed by atoms with Crippen LogP contribution < -0.4 is 4.74 Å². The Morgan fingerprint density at radius 3 is 2.42 bits per heavy atom. The third-order valence-corrected chi connectivity index (χ3v) is 7.78. The molecule has 1 aliphatic carbocycles. The fourth-order valence-electron chi connectivity index (χ4n) is 3.48. The Labute approximate surface area is 153 Å². The van der Waals surface area contributed by atoms with E-state index in [1.807, 2.05) is 40.6 Å². The number of likely N-dealkylation sites (N-methyl/N-ethyl adjacent to an activating group) is 1. The van der Waals surface area contributed by atoms with Crippen LogP contribution in [0.15, 0.2) is 24.3 Å². The van der Waals surface area contributed by atoms with Crippen LogP contribution in [0.5, 0.6) is 5.75 Å². The van der Waals surface area contributed by atoms with Crippen LogP contribution in [0.2, 0.25) is 0 Å². The number of benzene rings is 1. The van der Waals surface area contributed by atoms with Gasteiger partial charge in [0, 0.05) is 12.6 Å². The molecule has 1 amide bonds. The highest BCUT2D eigenvalue weighted by atomic mass is 32.2. The number of hydrogen-bond donors (Lipinski definition) is 0. The summed E-state index contributed by atoms with van der Waals surface area (Å²) < 4.78 is 6.30. The first-order chi connectivity index (χ1) is 11.8. The van der Waals surface area contributed by atoms with E-state index in [1.54, 1.807) is 0 Å². The monoisotopic (exact) mass is 365 g/mol. The van der Waals surface area contributed by atoms with Crippen LogP contribution in [-0.2, 0) is 4.79 Å². The van der Waals surface area contributed by atoms with Gasteiger partial charge in [0.25, 0.3) is 5.91 Å². The lowest BCUT2D eigenvalue weighted by atomic mass is 10.2. The molecule has 1 heterocycles. The van der Waals surface area contributed by atoms with Gasteiger partial charge < -0.3 is 9.64 Å². The van der Waals surface area contributed by atoms with E-state index in [0.717, 1.165) is 25.1 Å². The molecule has 3 nitrogen and oxygen atoms in total. The van der Waals surface area contributed by atoms with Crippen molar-refractivity contribution in [3.63, 3.8) is 0 Å². The molecule has 2 fully saturated rings. The molecule has 0 aromatic heterocycles. The van der Waals surface area contributed by atoms with Crippen molar-refractivity contribution in [1.82, 2.24) is 4.90 Å². The summed E-state index contributed by atoms with van der Waals surface area (Å²) in [6.07, 6.45) is 6.09. The molecule has 2 aliphatic rings. The first-order valence-electron chi connectivity index (χ1n) is 9.03. The molecule has 0 radical (unpaired) electrons. The Morgan fingerprint density at radius 1 is 1.12 bits per heavy atom. The Bertz CT molecular complexity index is 523. The second-order valence-electron chi connectivity index (χ2n) is 6.40. The fraction of sp³-hybridized carbons (Fsp3) is 0.632. The Kier molecular flexibility index (Phi) is 6.78. The van der Waals surface area contributed by atoms with E-state index in [-0.39, 0.29) is 12.5 Å². The fourth-order valence-corrected chi connectivity index (χ4v) is 6.38. The number of nitrogens with zero attached hydrogens (tertiary/aromatic N) is 1. The highest BCUT2D eigenvalue weighted by molar-refractivity contribution is 8.16. The molecule has 0 N–H and O–H groups in total. The number of carbonyl (C=O) groups excluding carboxylic acids is 1. The summed E-state index contributed by atoms with van der Waals surface area (Å²) in [5.41, 5.74) is 1.35. The molecule has 0 spiro atoms. The summed E-state index contributed by atoms with van der Waals surface area (Å²) >= 11 is 4.05. The van der Waals surface area contributed by atoms with Gasteiger partial charge in [-0.05, 0) is 55.4 Å². The molecule has 1 aliphatic heterocycles. The van der Waals surface area contributed by atoms with Gasteiger partial charge in [-0.1, -0.05) is 25.0 Å². The quantitative estimate of drug-likeness (QED) is 0.729. The maximum Gasteiger partial charge on any atom is 0.260 e. The molecular formula is C19H27NO2S2. The van der Waals surface area contributed by atoms with Crippen molar-refractivity contribution >= 4 is 29.4 Å². The largest absolute Gasteiger partial charge is 0.484 e. The molecule has 0 unspecified atom stereocenters. The van der Waals surface area contributed by atoms with Crippen LogP contribution in [0, 0.1) is 0 Å². The topological polar surface area (TPSA) is 29.5 Å². The minimum atomic E-state index is 0.117. The SMILES string of the molecule is CCN(C(=O)COc1ccc(C2SCCCS2)cc1)C1CCCC1. The van der Waals surface area contributed by atoms with Crippen molar-refractivity contribution in [2.75, 3.05) is 24.7 Å². The molecule has 1 aromatic carbocycles. The van der Waals surface area contributed by atoms with Gasteiger partial charge in [-0.15, -0.1) is 23.5 Å². The molecule has 3 rings (SSSR count). The summed E-state index contributed by atoms with van der Waals surface area (Å²) in [6, 6.07) is 8.72. The second kappa shape index (κ2) is 9.04. The van der Waals surface area contributed by atoms with Gasteiger partial charge in [-0.3, -0.25) is 4.79 Å². The second-order valence-corrected chi connectivity index (χ2v) is 9.13. The smallest absolute Gasteiger partial charge is 0.260 e. The standard InChI is InChI=1S/C19H27NO2S2/c1-2-20(16-6-3-4-7-16)18(21)14-22-17-10-8-15(9-11-17)19-23-12-5-13-24-19/h8-11,16,19H,2-7,12-14H2,1H3. The lowest BCUT2D eigenvalue weighted by molar-refractivity contribution is -0.135. The summed E-state index contributed by atoms with van der Waals surface area (Å²) in [5, 5.41) is 0. The normalized spacial score (nSPS) is 19.4. The molecule has 1 saturated carbocycles. The van der Waals surface area contributed by atoms with E-state index in [1.165, 1.54) is 36.3 Å². The third kappa shape index (κ3) is 4.63. The van der Waals surface area contributed by atoms with Gasteiger partial charge in [0.05, 0.1) is 4.58 Å². The van der Waals surface area contributed by atoms with E-state index in [4.69, 9.17) is 4.74 Å². The molecule has 1 aromatic rings. The Balaban J connectivity index is 1.51. The summed E-state index contributed by atoms with van der Waals surface area (Å²) in [4.78, 5) is 14.4. The third-order valence-electron chi connectivity index (χ3n) is 4.77. The van der Waals surface area contributed by atoms with Gasteiger partial charge in [0.1, 0.15) is 5.75 Å². The molecular weight excluding hydrogens is 338 g/mol. The summed E-state index contributed by atoms with van der Waals surface area (Å²) in [7, 11) is 0. The Hall–Kier alpha value is -0.810. The first kappa shape index (κ1) is 18.0. The van der Waals surface area contributed by atoms with Crippen molar-refractivity contribution in [3.05, 3.63) is 29.8 Å². The van der Waals surface area contributed by atoms with Crippen molar-refractivity contribution < 1.29 is 9.53 Å². The number of rotatable bonds is 6. The lowest BCUT2D eigenvalue weighted by Gasteiger charge is -2.27. The summed E-state index contributed by atoms with van der Waals surface area (Å²) in [5.74, 6) is 3.41. The van der Waals surface area contributed by atoms with Crippen LogP contribution in [0.3, 0.4) is 0 Å².